The lowest BCUT2D eigenvalue weighted by Crippen LogP contribution is -2.40. The van der Waals surface area contributed by atoms with E-state index in [0.717, 1.165) is 6.07 Å². The molecule has 0 heterocycles. The maximum Gasteiger partial charge on any atom is 0.315 e. The summed E-state index contributed by atoms with van der Waals surface area (Å²) in [7, 11) is 0. The topological polar surface area (TPSA) is 61.4 Å². The summed E-state index contributed by atoms with van der Waals surface area (Å²) in [5.41, 5.74) is 0.315. The summed E-state index contributed by atoms with van der Waals surface area (Å²) in [6.45, 7) is 3.29. The van der Waals surface area contributed by atoms with Crippen LogP contribution in [0.15, 0.2) is 12.1 Å². The van der Waals surface area contributed by atoms with Crippen LogP contribution in [0.3, 0.4) is 0 Å². The highest BCUT2D eigenvalue weighted by Crippen LogP contribution is 2.32. The molecule has 1 aromatic carbocycles. The summed E-state index contributed by atoms with van der Waals surface area (Å²) in [6, 6.07) is 1.48. The SMILES string of the molecule is C[C@H](NC(=O)NC[C@@H](C)O)c1c(Cl)ccc(F)c1Cl. The number of hydrogen-bond donors (Lipinski definition) is 3. The number of carbonyl (C=O) groups is 1. The van der Waals surface area contributed by atoms with Gasteiger partial charge in [-0.15, -0.1) is 0 Å². The van der Waals surface area contributed by atoms with Crippen LogP contribution in [0.5, 0.6) is 0 Å². The van der Waals surface area contributed by atoms with Gasteiger partial charge in [0, 0.05) is 17.1 Å². The Kier molecular flexibility index (Phi) is 5.85. The van der Waals surface area contributed by atoms with E-state index < -0.39 is 24.0 Å². The molecular formula is C12H15Cl2FN2O2. The molecule has 4 nitrogen and oxygen atoms in total. The van der Waals surface area contributed by atoms with Crippen molar-refractivity contribution in [2.75, 3.05) is 6.54 Å². The van der Waals surface area contributed by atoms with Crippen LogP contribution in [0.4, 0.5) is 9.18 Å². The van der Waals surface area contributed by atoms with Crippen molar-refractivity contribution in [2.45, 2.75) is 26.0 Å². The van der Waals surface area contributed by atoms with Crippen molar-refractivity contribution in [3.8, 4) is 0 Å². The number of benzene rings is 1. The van der Waals surface area contributed by atoms with Crippen LogP contribution in [0.25, 0.3) is 0 Å². The molecule has 3 N–H and O–H groups in total. The molecule has 2 amide bonds. The quantitative estimate of drug-likeness (QED) is 0.749. The maximum absolute atomic E-state index is 13.4. The summed E-state index contributed by atoms with van der Waals surface area (Å²) in [4.78, 5) is 11.5. The zero-order valence-electron chi connectivity index (χ0n) is 10.5. The number of halogens is 3. The molecule has 0 saturated heterocycles. The molecule has 1 rings (SSSR count). The molecule has 0 radical (unpaired) electrons. The van der Waals surface area contributed by atoms with E-state index >= 15 is 0 Å². The molecule has 0 aliphatic rings. The summed E-state index contributed by atoms with van der Waals surface area (Å²) < 4.78 is 13.4. The summed E-state index contributed by atoms with van der Waals surface area (Å²) in [6.07, 6.45) is -0.651. The van der Waals surface area contributed by atoms with Crippen molar-refractivity contribution in [2.24, 2.45) is 0 Å². The zero-order chi connectivity index (χ0) is 14.6. The van der Waals surface area contributed by atoms with Crippen molar-refractivity contribution in [1.82, 2.24) is 10.6 Å². The molecule has 0 unspecified atom stereocenters. The van der Waals surface area contributed by atoms with Crippen LogP contribution in [-0.4, -0.2) is 23.8 Å². The summed E-state index contributed by atoms with van der Waals surface area (Å²) >= 11 is 11.8. The van der Waals surface area contributed by atoms with E-state index in [1.165, 1.54) is 6.07 Å². The molecule has 0 spiro atoms. The van der Waals surface area contributed by atoms with Gasteiger partial charge < -0.3 is 15.7 Å². The molecule has 0 aliphatic carbocycles. The zero-order valence-corrected chi connectivity index (χ0v) is 12.0. The minimum Gasteiger partial charge on any atom is -0.392 e. The van der Waals surface area contributed by atoms with Gasteiger partial charge in [-0.2, -0.15) is 0 Å². The van der Waals surface area contributed by atoms with Gasteiger partial charge in [-0.1, -0.05) is 23.2 Å². The van der Waals surface area contributed by atoms with Crippen molar-refractivity contribution in [1.29, 1.82) is 0 Å². The van der Waals surface area contributed by atoms with E-state index in [2.05, 4.69) is 10.6 Å². The largest absolute Gasteiger partial charge is 0.392 e. The number of aliphatic hydroxyl groups is 1. The van der Waals surface area contributed by atoms with Gasteiger partial charge in [-0.05, 0) is 26.0 Å². The van der Waals surface area contributed by atoms with E-state index in [4.69, 9.17) is 28.3 Å². The first kappa shape index (κ1) is 16.0. The molecule has 19 heavy (non-hydrogen) atoms. The normalized spacial score (nSPS) is 13.8. The number of carbonyl (C=O) groups excluding carboxylic acids is 1. The predicted octanol–water partition coefficient (Wildman–Crippen LogP) is 2.87. The minimum absolute atomic E-state index is 0.114. The monoisotopic (exact) mass is 308 g/mol. The molecule has 0 fully saturated rings. The van der Waals surface area contributed by atoms with Gasteiger partial charge in [0.1, 0.15) is 5.82 Å². The number of rotatable bonds is 4. The van der Waals surface area contributed by atoms with Crippen molar-refractivity contribution in [3.05, 3.63) is 33.6 Å². The summed E-state index contributed by atoms with van der Waals surface area (Å²) in [5, 5.41) is 14.2. The van der Waals surface area contributed by atoms with Crippen molar-refractivity contribution >= 4 is 29.2 Å². The third kappa shape index (κ3) is 4.53. The fourth-order valence-corrected chi connectivity index (χ4v) is 2.20. The van der Waals surface area contributed by atoms with Crippen LogP contribution in [-0.2, 0) is 0 Å². The Bertz CT molecular complexity index is 469. The second-order valence-corrected chi connectivity index (χ2v) is 4.97. The van der Waals surface area contributed by atoms with Crippen molar-refractivity contribution in [3.63, 3.8) is 0 Å². The molecule has 0 bridgehead atoms. The van der Waals surface area contributed by atoms with Crippen LogP contribution in [0, 0.1) is 5.82 Å². The number of amides is 2. The van der Waals surface area contributed by atoms with Gasteiger partial charge in [0.25, 0.3) is 0 Å². The molecule has 0 aliphatic heterocycles. The lowest BCUT2D eigenvalue weighted by Gasteiger charge is -2.18. The van der Waals surface area contributed by atoms with E-state index in [9.17, 15) is 9.18 Å². The average Bonchev–Trinajstić information content (AvgIpc) is 2.32. The van der Waals surface area contributed by atoms with Crippen LogP contribution in [0.1, 0.15) is 25.5 Å². The van der Waals surface area contributed by atoms with E-state index in [1.807, 2.05) is 0 Å². The standard InChI is InChI=1S/C12H15Cl2FN2O2/c1-6(18)5-16-12(19)17-7(2)10-8(13)3-4-9(15)11(10)14/h3-4,6-7,18H,5H2,1-2H3,(H2,16,17,19)/t6-,7+/m1/s1. The number of nitrogens with one attached hydrogen (secondary N) is 2. The fourth-order valence-electron chi connectivity index (χ4n) is 1.50. The fraction of sp³-hybridized carbons (Fsp3) is 0.417. The number of urea groups is 1. The smallest absolute Gasteiger partial charge is 0.315 e. The molecular weight excluding hydrogens is 294 g/mol. The van der Waals surface area contributed by atoms with E-state index in [1.54, 1.807) is 13.8 Å². The maximum atomic E-state index is 13.4. The van der Waals surface area contributed by atoms with Gasteiger partial charge in [-0.25, -0.2) is 9.18 Å². The molecule has 106 valence electrons. The molecule has 7 heteroatoms. The molecule has 2 atom stereocenters. The highest BCUT2D eigenvalue weighted by Gasteiger charge is 2.18. The minimum atomic E-state index is -0.651. The molecule has 1 aromatic rings. The molecule has 0 aromatic heterocycles. The van der Waals surface area contributed by atoms with Crippen LogP contribution in [0.2, 0.25) is 10.0 Å². The Morgan fingerprint density at radius 3 is 2.63 bits per heavy atom. The number of hydrogen-bond acceptors (Lipinski definition) is 2. The first-order valence-electron chi connectivity index (χ1n) is 5.68. The van der Waals surface area contributed by atoms with Crippen molar-refractivity contribution < 1.29 is 14.3 Å². The lowest BCUT2D eigenvalue weighted by molar-refractivity contribution is 0.187. The Labute approximate surface area is 120 Å². The third-order valence-corrected chi connectivity index (χ3v) is 3.13. The van der Waals surface area contributed by atoms with Gasteiger partial charge >= 0.3 is 6.03 Å². The Morgan fingerprint density at radius 1 is 1.42 bits per heavy atom. The number of aliphatic hydroxyl groups excluding tert-OH is 1. The predicted molar refractivity (Wildman–Crippen MR) is 73.1 cm³/mol. The highest BCUT2D eigenvalue weighted by atomic mass is 35.5. The molecule has 0 saturated carbocycles. The second kappa shape index (κ2) is 6.93. The van der Waals surface area contributed by atoms with E-state index in [0.29, 0.717) is 5.56 Å². The van der Waals surface area contributed by atoms with Gasteiger partial charge in [0.05, 0.1) is 17.2 Å². The second-order valence-electron chi connectivity index (χ2n) is 4.18. The lowest BCUT2D eigenvalue weighted by atomic mass is 10.1. The average molecular weight is 309 g/mol. The van der Waals surface area contributed by atoms with Crippen LogP contribution >= 0.6 is 23.2 Å². The van der Waals surface area contributed by atoms with E-state index in [-0.39, 0.29) is 16.6 Å². The first-order valence-corrected chi connectivity index (χ1v) is 6.44. The highest BCUT2D eigenvalue weighted by molar-refractivity contribution is 6.36. The first-order chi connectivity index (χ1) is 8.82. The Morgan fingerprint density at radius 2 is 2.05 bits per heavy atom. The summed E-state index contributed by atoms with van der Waals surface area (Å²) in [5.74, 6) is -0.598. The van der Waals surface area contributed by atoms with Crippen LogP contribution < -0.4 is 10.6 Å². The third-order valence-electron chi connectivity index (χ3n) is 2.42. The Balaban J connectivity index is 2.76. The van der Waals surface area contributed by atoms with Gasteiger partial charge in [0.15, 0.2) is 0 Å². The Hall–Kier alpha value is -1.04. The van der Waals surface area contributed by atoms with Gasteiger partial charge in [-0.3, -0.25) is 0 Å². The van der Waals surface area contributed by atoms with Gasteiger partial charge in [0.2, 0.25) is 0 Å².